The van der Waals surface area contributed by atoms with Gasteiger partial charge in [0.25, 0.3) is 5.91 Å². The number of nitrogens with one attached hydrogen (secondary N) is 2. The first-order chi connectivity index (χ1) is 8.15. The van der Waals surface area contributed by atoms with Crippen molar-refractivity contribution in [3.05, 3.63) is 34.3 Å². The summed E-state index contributed by atoms with van der Waals surface area (Å²) in [6.45, 7) is 3.88. The number of carbonyl (C=O) groups excluding carboxylic acids is 1. The average Bonchev–Trinajstić information content (AvgIpc) is 2.29. The number of carbonyl (C=O) groups is 1. The molecule has 0 spiro atoms. The number of hydrogen-bond acceptors (Lipinski definition) is 2. The predicted molar refractivity (Wildman–Crippen MR) is 76.8 cm³/mol. The maximum atomic E-state index is 12.0. The number of aryl methyl sites for hydroxylation is 1. The standard InChI is InChI=1S/C13H17ClN2O.ClH/c1-9-6-10(8-11(14)7-9)13(17)16-12-2-4-15-5-3-12;/h6-8,12,15H,2-5H2,1H3,(H,16,17);1H. The molecule has 3 nitrogen and oxygen atoms in total. The number of amides is 1. The van der Waals surface area contributed by atoms with Gasteiger partial charge in [-0.1, -0.05) is 11.6 Å². The molecular weight excluding hydrogens is 271 g/mol. The SMILES string of the molecule is Cc1cc(Cl)cc(C(=O)NC2CCNCC2)c1.Cl. The molecule has 0 aromatic heterocycles. The van der Waals surface area contributed by atoms with Gasteiger partial charge in [-0.25, -0.2) is 0 Å². The average molecular weight is 289 g/mol. The lowest BCUT2D eigenvalue weighted by Crippen LogP contribution is -2.42. The van der Waals surface area contributed by atoms with E-state index in [4.69, 9.17) is 11.6 Å². The molecule has 1 fully saturated rings. The fourth-order valence-electron chi connectivity index (χ4n) is 2.10. The second kappa shape index (κ2) is 6.98. The first-order valence-electron chi connectivity index (χ1n) is 5.94. The van der Waals surface area contributed by atoms with Crippen molar-refractivity contribution >= 4 is 29.9 Å². The van der Waals surface area contributed by atoms with Crippen LogP contribution in [0.2, 0.25) is 5.02 Å². The molecule has 1 aromatic rings. The minimum Gasteiger partial charge on any atom is -0.349 e. The Morgan fingerprint density at radius 1 is 1.33 bits per heavy atom. The number of hydrogen-bond donors (Lipinski definition) is 2. The van der Waals surface area contributed by atoms with E-state index in [1.165, 1.54) is 0 Å². The number of rotatable bonds is 2. The first-order valence-corrected chi connectivity index (χ1v) is 6.32. The fourth-order valence-corrected chi connectivity index (χ4v) is 2.39. The van der Waals surface area contributed by atoms with Gasteiger partial charge >= 0.3 is 0 Å². The Hall–Kier alpha value is -0.770. The number of piperidine rings is 1. The quantitative estimate of drug-likeness (QED) is 0.878. The van der Waals surface area contributed by atoms with Crippen molar-refractivity contribution in [1.82, 2.24) is 10.6 Å². The first kappa shape index (κ1) is 15.3. The summed E-state index contributed by atoms with van der Waals surface area (Å²) < 4.78 is 0. The van der Waals surface area contributed by atoms with E-state index < -0.39 is 0 Å². The molecular formula is C13H18Cl2N2O. The lowest BCUT2D eigenvalue weighted by Gasteiger charge is -2.23. The van der Waals surface area contributed by atoms with Gasteiger partial charge in [0.05, 0.1) is 0 Å². The molecule has 5 heteroatoms. The molecule has 18 heavy (non-hydrogen) atoms. The van der Waals surface area contributed by atoms with Gasteiger partial charge in [-0.15, -0.1) is 12.4 Å². The van der Waals surface area contributed by atoms with Crippen LogP contribution in [0.4, 0.5) is 0 Å². The van der Waals surface area contributed by atoms with Gasteiger partial charge in [-0.3, -0.25) is 4.79 Å². The molecule has 0 saturated carbocycles. The molecule has 0 atom stereocenters. The van der Waals surface area contributed by atoms with Crippen LogP contribution in [0, 0.1) is 6.92 Å². The zero-order valence-electron chi connectivity index (χ0n) is 10.3. The number of benzene rings is 1. The number of halogens is 2. The Kier molecular flexibility index (Phi) is 5.93. The summed E-state index contributed by atoms with van der Waals surface area (Å²) in [5.41, 5.74) is 1.65. The third kappa shape index (κ3) is 4.16. The van der Waals surface area contributed by atoms with Crippen molar-refractivity contribution < 1.29 is 4.79 Å². The molecule has 1 heterocycles. The lowest BCUT2D eigenvalue weighted by atomic mass is 10.1. The van der Waals surface area contributed by atoms with E-state index in [-0.39, 0.29) is 24.4 Å². The van der Waals surface area contributed by atoms with Gasteiger partial charge in [-0.05, 0) is 56.6 Å². The maximum absolute atomic E-state index is 12.0. The summed E-state index contributed by atoms with van der Waals surface area (Å²) in [6.07, 6.45) is 1.98. The van der Waals surface area contributed by atoms with Gasteiger partial charge < -0.3 is 10.6 Å². The molecule has 2 rings (SSSR count). The smallest absolute Gasteiger partial charge is 0.251 e. The molecule has 1 aliphatic heterocycles. The molecule has 2 N–H and O–H groups in total. The Morgan fingerprint density at radius 2 is 2.00 bits per heavy atom. The van der Waals surface area contributed by atoms with Crippen LogP contribution in [0.3, 0.4) is 0 Å². The van der Waals surface area contributed by atoms with Crippen molar-refractivity contribution in [2.24, 2.45) is 0 Å². The van der Waals surface area contributed by atoms with Crippen LogP contribution in [0.15, 0.2) is 18.2 Å². The predicted octanol–water partition coefficient (Wildman–Crippen LogP) is 2.55. The minimum atomic E-state index is -0.0255. The summed E-state index contributed by atoms with van der Waals surface area (Å²) in [6, 6.07) is 5.71. The highest BCUT2D eigenvalue weighted by Gasteiger charge is 2.16. The summed E-state index contributed by atoms with van der Waals surface area (Å²) in [5, 5.41) is 6.94. The molecule has 0 radical (unpaired) electrons. The minimum absolute atomic E-state index is 0. The molecule has 1 aliphatic rings. The largest absolute Gasteiger partial charge is 0.349 e. The Morgan fingerprint density at radius 3 is 2.61 bits per heavy atom. The van der Waals surface area contributed by atoms with E-state index in [0.29, 0.717) is 10.6 Å². The maximum Gasteiger partial charge on any atom is 0.251 e. The van der Waals surface area contributed by atoms with E-state index in [9.17, 15) is 4.79 Å². The summed E-state index contributed by atoms with van der Waals surface area (Å²) in [4.78, 5) is 12.0. The van der Waals surface area contributed by atoms with E-state index in [2.05, 4.69) is 10.6 Å². The van der Waals surface area contributed by atoms with Gasteiger partial charge in [0, 0.05) is 16.6 Å². The molecule has 1 amide bonds. The Labute approximate surface area is 119 Å². The van der Waals surface area contributed by atoms with Crippen molar-refractivity contribution in [3.8, 4) is 0 Å². The van der Waals surface area contributed by atoms with Crippen LogP contribution >= 0.6 is 24.0 Å². The van der Waals surface area contributed by atoms with Crippen molar-refractivity contribution in [1.29, 1.82) is 0 Å². The van der Waals surface area contributed by atoms with E-state index in [1.54, 1.807) is 6.07 Å². The highest BCUT2D eigenvalue weighted by molar-refractivity contribution is 6.31. The zero-order chi connectivity index (χ0) is 12.3. The van der Waals surface area contributed by atoms with E-state index in [1.807, 2.05) is 19.1 Å². The topological polar surface area (TPSA) is 41.1 Å². The summed E-state index contributed by atoms with van der Waals surface area (Å²) >= 11 is 5.95. The Bertz CT molecular complexity index is 397. The molecule has 100 valence electrons. The highest BCUT2D eigenvalue weighted by atomic mass is 35.5. The van der Waals surface area contributed by atoms with Gasteiger partial charge in [0.2, 0.25) is 0 Å². The van der Waals surface area contributed by atoms with Crippen molar-refractivity contribution in [3.63, 3.8) is 0 Å². The van der Waals surface area contributed by atoms with Crippen LogP contribution in [0.25, 0.3) is 0 Å². The molecule has 1 saturated heterocycles. The van der Waals surface area contributed by atoms with Crippen LogP contribution in [0.5, 0.6) is 0 Å². The normalized spacial score (nSPS) is 15.9. The van der Waals surface area contributed by atoms with Crippen molar-refractivity contribution in [2.45, 2.75) is 25.8 Å². The lowest BCUT2D eigenvalue weighted by molar-refractivity contribution is 0.0929. The van der Waals surface area contributed by atoms with Gasteiger partial charge in [0.1, 0.15) is 0 Å². The van der Waals surface area contributed by atoms with E-state index in [0.717, 1.165) is 31.5 Å². The highest BCUT2D eigenvalue weighted by Crippen LogP contribution is 2.15. The second-order valence-electron chi connectivity index (χ2n) is 4.51. The van der Waals surface area contributed by atoms with Gasteiger partial charge in [-0.2, -0.15) is 0 Å². The monoisotopic (exact) mass is 288 g/mol. The van der Waals surface area contributed by atoms with Gasteiger partial charge in [0.15, 0.2) is 0 Å². The third-order valence-electron chi connectivity index (χ3n) is 2.98. The van der Waals surface area contributed by atoms with Crippen LogP contribution in [-0.2, 0) is 0 Å². The second-order valence-corrected chi connectivity index (χ2v) is 4.95. The zero-order valence-corrected chi connectivity index (χ0v) is 11.9. The van der Waals surface area contributed by atoms with Crippen LogP contribution < -0.4 is 10.6 Å². The fraction of sp³-hybridized carbons (Fsp3) is 0.462. The molecule has 0 bridgehead atoms. The van der Waals surface area contributed by atoms with Crippen LogP contribution in [0.1, 0.15) is 28.8 Å². The van der Waals surface area contributed by atoms with Crippen LogP contribution in [-0.4, -0.2) is 25.0 Å². The summed E-state index contributed by atoms with van der Waals surface area (Å²) in [5.74, 6) is -0.0255. The third-order valence-corrected chi connectivity index (χ3v) is 3.20. The van der Waals surface area contributed by atoms with E-state index >= 15 is 0 Å². The Balaban J connectivity index is 0.00000162. The molecule has 0 unspecified atom stereocenters. The van der Waals surface area contributed by atoms with Crippen molar-refractivity contribution in [2.75, 3.05) is 13.1 Å². The molecule has 0 aliphatic carbocycles. The molecule has 1 aromatic carbocycles. The summed E-state index contributed by atoms with van der Waals surface area (Å²) in [7, 11) is 0.